The van der Waals surface area contributed by atoms with Gasteiger partial charge in [0.1, 0.15) is 0 Å². The molecule has 0 unspecified atom stereocenters. The fourth-order valence-electron chi connectivity index (χ4n) is 2.50. The monoisotopic (exact) mass is 344 g/mol. The first-order valence-electron chi connectivity index (χ1n) is 8.01. The van der Waals surface area contributed by atoms with Crippen LogP contribution in [0.5, 0.6) is 0 Å². The summed E-state index contributed by atoms with van der Waals surface area (Å²) in [5.41, 5.74) is 3.23. The lowest BCUT2D eigenvalue weighted by Crippen LogP contribution is -1.99. The highest BCUT2D eigenvalue weighted by Crippen LogP contribution is 2.21. The lowest BCUT2D eigenvalue weighted by molar-refractivity contribution is 0.980. The van der Waals surface area contributed by atoms with Gasteiger partial charge in [0.15, 0.2) is 5.82 Å². The van der Waals surface area contributed by atoms with E-state index in [1.807, 2.05) is 54.7 Å². The second kappa shape index (κ2) is 7.23. The summed E-state index contributed by atoms with van der Waals surface area (Å²) in [5.74, 6) is 0.904. The highest BCUT2D eigenvalue weighted by Gasteiger charge is 2.10. The standard InChI is InChI=1S/C20H16N4S/c1-3-9-17(10-4-1)19-23-20(22-15-16-8-7-13-21-14-16)25-24(19)18-11-5-2-6-12-18/h1-14H,15H2/b22-20-. The number of nitrogens with zero attached hydrogens (tertiary/aromatic N) is 4. The third kappa shape index (κ3) is 3.56. The average Bonchev–Trinajstić information content (AvgIpc) is 3.13. The van der Waals surface area contributed by atoms with Gasteiger partial charge in [-0.05, 0) is 35.3 Å². The summed E-state index contributed by atoms with van der Waals surface area (Å²) < 4.78 is 2.12. The molecular weight excluding hydrogens is 328 g/mol. The van der Waals surface area contributed by atoms with Crippen LogP contribution in [0.15, 0.2) is 90.2 Å². The quantitative estimate of drug-likeness (QED) is 0.559. The van der Waals surface area contributed by atoms with Gasteiger partial charge in [-0.1, -0.05) is 54.6 Å². The average molecular weight is 344 g/mol. The Morgan fingerprint density at radius 3 is 2.36 bits per heavy atom. The van der Waals surface area contributed by atoms with Gasteiger partial charge in [0.05, 0.1) is 12.2 Å². The Kier molecular flexibility index (Phi) is 4.48. The zero-order chi connectivity index (χ0) is 16.9. The van der Waals surface area contributed by atoms with Crippen molar-refractivity contribution in [3.63, 3.8) is 0 Å². The van der Waals surface area contributed by atoms with Crippen molar-refractivity contribution in [2.24, 2.45) is 4.99 Å². The molecule has 2 aromatic carbocycles. The van der Waals surface area contributed by atoms with E-state index in [0.717, 1.165) is 27.4 Å². The Balaban J connectivity index is 1.78. The minimum Gasteiger partial charge on any atom is -0.264 e. The van der Waals surface area contributed by atoms with Gasteiger partial charge >= 0.3 is 0 Å². The van der Waals surface area contributed by atoms with Crippen molar-refractivity contribution in [2.45, 2.75) is 6.54 Å². The summed E-state index contributed by atoms with van der Waals surface area (Å²) in [7, 11) is 0. The van der Waals surface area contributed by atoms with Gasteiger partial charge < -0.3 is 0 Å². The second-order valence-corrected chi connectivity index (χ2v) is 6.40. The molecule has 4 nitrogen and oxygen atoms in total. The highest BCUT2D eigenvalue weighted by molar-refractivity contribution is 7.04. The summed E-state index contributed by atoms with van der Waals surface area (Å²) in [4.78, 5) is 14.3. The molecule has 0 aliphatic carbocycles. The summed E-state index contributed by atoms with van der Waals surface area (Å²) in [6.45, 7) is 0.574. The van der Waals surface area contributed by atoms with Gasteiger partial charge in [0, 0.05) is 18.0 Å². The van der Waals surface area contributed by atoms with Gasteiger partial charge in [0.2, 0.25) is 4.80 Å². The van der Waals surface area contributed by atoms with E-state index in [1.165, 1.54) is 0 Å². The molecule has 0 amide bonds. The summed E-state index contributed by atoms with van der Waals surface area (Å²) in [6.07, 6.45) is 3.60. The number of hydrogen-bond acceptors (Lipinski definition) is 4. The number of rotatable bonds is 4. The maximum atomic E-state index is 4.77. The SMILES string of the molecule is c1ccc(-c2n/c(=N/Cc3cccnc3)sn2-c2ccccc2)cc1. The Morgan fingerprint density at radius 2 is 1.64 bits per heavy atom. The van der Waals surface area contributed by atoms with E-state index in [9.17, 15) is 0 Å². The van der Waals surface area contributed by atoms with Gasteiger partial charge in [0.25, 0.3) is 0 Å². The van der Waals surface area contributed by atoms with Crippen LogP contribution in [0.2, 0.25) is 0 Å². The topological polar surface area (TPSA) is 43.1 Å². The zero-order valence-electron chi connectivity index (χ0n) is 13.5. The van der Waals surface area contributed by atoms with Crippen LogP contribution in [0.4, 0.5) is 0 Å². The van der Waals surface area contributed by atoms with Crippen molar-refractivity contribution in [3.8, 4) is 17.1 Å². The van der Waals surface area contributed by atoms with E-state index in [-0.39, 0.29) is 0 Å². The maximum Gasteiger partial charge on any atom is 0.223 e. The summed E-state index contributed by atoms with van der Waals surface area (Å²) >= 11 is 1.55. The predicted molar refractivity (Wildman–Crippen MR) is 100 cm³/mol. The Morgan fingerprint density at radius 1 is 0.880 bits per heavy atom. The van der Waals surface area contributed by atoms with E-state index in [4.69, 9.17) is 4.98 Å². The molecule has 122 valence electrons. The van der Waals surface area contributed by atoms with Crippen LogP contribution >= 0.6 is 11.5 Å². The molecule has 0 fully saturated rings. The molecule has 0 N–H and O–H groups in total. The molecule has 0 spiro atoms. The van der Waals surface area contributed by atoms with Gasteiger partial charge in [-0.3, -0.25) is 9.98 Å². The van der Waals surface area contributed by atoms with Crippen molar-refractivity contribution in [2.75, 3.05) is 0 Å². The molecule has 0 aliphatic rings. The molecule has 2 heterocycles. The molecule has 0 atom stereocenters. The lowest BCUT2D eigenvalue weighted by atomic mass is 10.2. The van der Waals surface area contributed by atoms with Crippen LogP contribution in [0.3, 0.4) is 0 Å². The van der Waals surface area contributed by atoms with Gasteiger partial charge in [-0.2, -0.15) is 4.98 Å². The van der Waals surface area contributed by atoms with Crippen molar-refractivity contribution < 1.29 is 0 Å². The predicted octanol–water partition coefficient (Wildman–Crippen LogP) is 4.10. The molecule has 0 bridgehead atoms. The molecule has 25 heavy (non-hydrogen) atoms. The third-order valence-electron chi connectivity index (χ3n) is 3.71. The maximum absolute atomic E-state index is 4.77. The minimum absolute atomic E-state index is 0.574. The van der Waals surface area contributed by atoms with Crippen LogP contribution in [0.25, 0.3) is 17.1 Å². The smallest absolute Gasteiger partial charge is 0.223 e. The molecule has 0 aliphatic heterocycles. The first kappa shape index (κ1) is 15.5. The number of aromatic nitrogens is 3. The first-order valence-corrected chi connectivity index (χ1v) is 8.78. The molecule has 5 heteroatoms. The van der Waals surface area contributed by atoms with Crippen molar-refractivity contribution in [1.82, 2.24) is 13.9 Å². The molecule has 2 aromatic heterocycles. The van der Waals surface area contributed by atoms with E-state index in [0.29, 0.717) is 6.54 Å². The van der Waals surface area contributed by atoms with Crippen LogP contribution in [-0.4, -0.2) is 13.9 Å². The third-order valence-corrected chi connectivity index (χ3v) is 4.66. The molecule has 0 saturated carbocycles. The van der Waals surface area contributed by atoms with Crippen molar-refractivity contribution >= 4 is 11.5 Å². The number of benzene rings is 2. The molecule has 0 radical (unpaired) electrons. The number of pyridine rings is 1. The normalized spacial score (nSPS) is 11.6. The highest BCUT2D eigenvalue weighted by atomic mass is 32.1. The van der Waals surface area contributed by atoms with Gasteiger partial charge in [-0.15, -0.1) is 0 Å². The Labute approximate surface area is 150 Å². The molecular formula is C20H16N4S. The van der Waals surface area contributed by atoms with Crippen molar-refractivity contribution in [3.05, 3.63) is 95.6 Å². The van der Waals surface area contributed by atoms with E-state index >= 15 is 0 Å². The first-order chi connectivity index (χ1) is 12.4. The fourth-order valence-corrected chi connectivity index (χ4v) is 3.38. The van der Waals surface area contributed by atoms with Crippen LogP contribution in [0, 0.1) is 0 Å². The second-order valence-electron chi connectivity index (χ2n) is 5.48. The van der Waals surface area contributed by atoms with Crippen LogP contribution < -0.4 is 4.80 Å². The summed E-state index contributed by atoms with van der Waals surface area (Å²) in [5, 5.41) is 0. The van der Waals surface area contributed by atoms with E-state index in [1.54, 1.807) is 17.7 Å². The van der Waals surface area contributed by atoms with Crippen LogP contribution in [0.1, 0.15) is 5.56 Å². The van der Waals surface area contributed by atoms with E-state index < -0.39 is 0 Å². The van der Waals surface area contributed by atoms with Crippen molar-refractivity contribution in [1.29, 1.82) is 0 Å². The molecule has 4 aromatic rings. The molecule has 4 rings (SSSR count). The van der Waals surface area contributed by atoms with E-state index in [2.05, 4.69) is 38.2 Å². The number of hydrogen-bond donors (Lipinski definition) is 0. The lowest BCUT2D eigenvalue weighted by Gasteiger charge is -2.05. The summed E-state index contributed by atoms with van der Waals surface area (Å²) in [6, 6.07) is 24.4. The fraction of sp³-hybridized carbons (Fsp3) is 0.0500. The zero-order valence-corrected chi connectivity index (χ0v) is 14.3. The number of para-hydroxylation sites is 1. The largest absolute Gasteiger partial charge is 0.264 e. The Hall–Kier alpha value is -3.05. The Bertz CT molecular complexity index is 946. The van der Waals surface area contributed by atoms with Crippen LogP contribution in [-0.2, 0) is 6.54 Å². The molecule has 0 saturated heterocycles. The minimum atomic E-state index is 0.574. The van der Waals surface area contributed by atoms with Gasteiger partial charge in [-0.25, -0.2) is 3.96 Å².